The van der Waals surface area contributed by atoms with Crippen LogP contribution in [-0.4, -0.2) is 160 Å². The van der Waals surface area contributed by atoms with Crippen molar-refractivity contribution in [3.8, 4) is 34.0 Å². The Bertz CT molecular complexity index is 3950. The van der Waals surface area contributed by atoms with Crippen molar-refractivity contribution in [3.63, 3.8) is 0 Å². The lowest BCUT2D eigenvalue weighted by Gasteiger charge is -2.33. The van der Waals surface area contributed by atoms with Crippen LogP contribution in [-0.2, 0) is 49.5 Å². The van der Waals surface area contributed by atoms with Gasteiger partial charge in [0.2, 0.25) is 5.91 Å². The molecular weight excluding hydrogens is 1180 g/mol. The van der Waals surface area contributed by atoms with Gasteiger partial charge < -0.3 is 38.6 Å². The van der Waals surface area contributed by atoms with Gasteiger partial charge in [0.1, 0.15) is 11.5 Å². The fourth-order valence-corrected chi connectivity index (χ4v) is 15.6. The second-order valence-electron chi connectivity index (χ2n) is 25.7. The third-order valence-electron chi connectivity index (χ3n) is 19.7. The molecule has 2 saturated carbocycles. The Balaban J connectivity index is 0.000000185. The minimum Gasteiger partial charge on any atom is -0.497 e. The Labute approximate surface area is 528 Å². The summed E-state index contributed by atoms with van der Waals surface area (Å²) in [5, 5.41) is 21.3. The van der Waals surface area contributed by atoms with Crippen LogP contribution in [0.4, 0.5) is 0 Å². The fraction of sp³-hybridized carbons (Fsp3) is 0.500. The van der Waals surface area contributed by atoms with Gasteiger partial charge in [-0.05, 0) is 170 Å². The normalized spacial score (nSPS) is 18.8. The van der Waals surface area contributed by atoms with Gasteiger partial charge in [-0.25, -0.2) is 9.44 Å². The molecule has 4 aromatic carbocycles. The molecule has 4 amide bonds. The number of aromatic nitrogens is 2. The van der Waals surface area contributed by atoms with Crippen LogP contribution < -0.4 is 18.9 Å². The number of piperidine rings is 2. The summed E-state index contributed by atoms with van der Waals surface area (Å²) >= 11 is 0. The van der Waals surface area contributed by atoms with Gasteiger partial charge in [-0.1, -0.05) is 50.7 Å². The number of methoxy groups -OCH3 is 2. The van der Waals surface area contributed by atoms with Gasteiger partial charge in [-0.2, -0.15) is 25.4 Å². The highest BCUT2D eigenvalue weighted by Gasteiger charge is 2.38. The number of carbonyl (C=O) groups excluding carboxylic acids is 4. The Hall–Kier alpha value is -7.08. The molecule has 4 fully saturated rings. The number of ether oxygens (including phenoxy) is 2. The minimum atomic E-state index is -3.98. The highest BCUT2D eigenvalue weighted by Crippen LogP contribution is 2.50. The van der Waals surface area contributed by atoms with E-state index in [0.29, 0.717) is 68.8 Å². The van der Waals surface area contributed by atoms with Gasteiger partial charge >= 0.3 is 20.4 Å². The summed E-state index contributed by atoms with van der Waals surface area (Å²) in [6, 6.07) is 22.9. The molecule has 1 unspecified atom stereocenters. The Morgan fingerprint density at radius 3 is 1.52 bits per heavy atom. The van der Waals surface area contributed by atoms with E-state index in [1.807, 2.05) is 46.2 Å². The number of hydrogen-bond acceptors (Lipinski definition) is 12. The molecule has 6 heterocycles. The first kappa shape index (κ1) is 64.4. The Morgan fingerprint density at radius 1 is 0.567 bits per heavy atom. The van der Waals surface area contributed by atoms with Crippen molar-refractivity contribution in [2.75, 3.05) is 81.8 Å². The van der Waals surface area contributed by atoms with Crippen molar-refractivity contribution >= 4 is 71.9 Å². The summed E-state index contributed by atoms with van der Waals surface area (Å²) in [6.07, 6.45) is 16.9. The lowest BCUT2D eigenvalue weighted by Crippen LogP contribution is -2.43. The smallest absolute Gasteiger partial charge is 0.303 e. The van der Waals surface area contributed by atoms with Crippen LogP contribution in [0.5, 0.6) is 11.5 Å². The van der Waals surface area contributed by atoms with E-state index in [4.69, 9.17) is 9.47 Å². The van der Waals surface area contributed by atoms with Gasteiger partial charge in [0, 0.05) is 124 Å². The number of hydrogen-bond donors (Lipinski definition) is 4. The first-order valence-corrected chi connectivity index (χ1v) is 34.8. The van der Waals surface area contributed by atoms with E-state index in [-0.39, 0.29) is 53.9 Å². The summed E-state index contributed by atoms with van der Waals surface area (Å²) < 4.78 is 71.8. The quantitative estimate of drug-likeness (QED) is 0.0800. The molecule has 2 aromatic heterocycles. The summed E-state index contributed by atoms with van der Waals surface area (Å²) in [4.78, 5) is 58.6. The standard InChI is InChI=1S/C34H44N4O6S.C34H42N4O6S/c2*1-36(2)45(42,43)35-33(40)24-9-11-29-30(19-24)38-20-26(34(41)37-15-13-22(21-39)14-16-37)17-25-18-27(44-3)10-12-28(25)32(38)31(29)23-7-5-4-6-8-23/h9-12,18-19,22-23,26,39H,4-8,13-17,20-21H2,1-3H3,(H,35,40);9-12,17-19,22-23,39H,4-8,13-16,20-21H2,1-3H3,(H,35,40). The van der Waals surface area contributed by atoms with Crippen molar-refractivity contribution < 1.29 is 55.7 Å². The zero-order chi connectivity index (χ0) is 63.8. The van der Waals surface area contributed by atoms with Gasteiger partial charge in [-0.15, -0.1) is 0 Å². The van der Waals surface area contributed by atoms with Crippen LogP contribution in [0, 0.1) is 17.8 Å². The van der Waals surface area contributed by atoms with Gasteiger partial charge in [0.15, 0.2) is 0 Å². The number of carbonyl (C=O) groups is 4. The molecule has 2 saturated heterocycles. The Kier molecular flexibility index (Phi) is 19.3. The van der Waals surface area contributed by atoms with Gasteiger partial charge in [0.25, 0.3) is 17.7 Å². The SMILES string of the molecule is COc1ccc2c(c1)C=C(C(=O)N1CCC(CO)CC1)Cn1c-2c(C2CCCCC2)c2ccc(C(=O)NS(=O)(=O)N(C)C)cc21.COc1ccc2c(c1)CC(C(=O)N1CCC(CO)CC1)Cn1c-2c(C2CCCCC2)c2ccc(C(=O)NS(=O)(=O)N(C)C)cc21. The molecule has 482 valence electrons. The molecule has 2 aliphatic carbocycles. The highest BCUT2D eigenvalue weighted by molar-refractivity contribution is 7.88. The summed E-state index contributed by atoms with van der Waals surface area (Å²) in [6.45, 7) is 3.45. The lowest BCUT2D eigenvalue weighted by molar-refractivity contribution is -0.137. The lowest BCUT2D eigenvalue weighted by atomic mass is 9.81. The summed E-state index contributed by atoms with van der Waals surface area (Å²) in [5.41, 5.74) is 11.3. The van der Waals surface area contributed by atoms with Crippen LogP contribution in [0.15, 0.2) is 78.4 Å². The average molecular weight is 1270 g/mol. The molecule has 0 radical (unpaired) electrons. The molecular formula is C68H86N8O12S2. The van der Waals surface area contributed by atoms with Gasteiger partial charge in [-0.3, -0.25) is 19.2 Å². The first-order chi connectivity index (χ1) is 43.2. The number of benzene rings is 4. The van der Waals surface area contributed by atoms with Crippen LogP contribution in [0.3, 0.4) is 0 Å². The third kappa shape index (κ3) is 13.1. The molecule has 4 N–H and O–H groups in total. The number of aliphatic hydroxyl groups excluding tert-OH is 2. The number of likely N-dealkylation sites (tertiary alicyclic amines) is 2. The summed E-state index contributed by atoms with van der Waals surface area (Å²) in [5.74, 6) is 0.842. The van der Waals surface area contributed by atoms with E-state index in [0.717, 1.165) is 147 Å². The van der Waals surface area contributed by atoms with E-state index in [9.17, 15) is 46.2 Å². The number of nitrogens with one attached hydrogen (secondary N) is 2. The largest absolute Gasteiger partial charge is 0.497 e. The molecule has 4 aliphatic heterocycles. The van der Waals surface area contributed by atoms with Crippen molar-refractivity contribution in [3.05, 3.63) is 112 Å². The molecule has 0 spiro atoms. The van der Waals surface area contributed by atoms with E-state index < -0.39 is 32.2 Å². The predicted octanol–water partition coefficient (Wildman–Crippen LogP) is 8.83. The van der Waals surface area contributed by atoms with Crippen LogP contribution in [0.25, 0.3) is 50.4 Å². The maximum Gasteiger partial charge on any atom is 0.303 e. The van der Waals surface area contributed by atoms with E-state index in [1.165, 1.54) is 52.2 Å². The van der Waals surface area contributed by atoms with Crippen molar-refractivity contribution in [1.82, 2.24) is 37.0 Å². The molecule has 6 aromatic rings. The zero-order valence-electron chi connectivity index (χ0n) is 52.6. The molecule has 22 heteroatoms. The number of amides is 4. The van der Waals surface area contributed by atoms with Crippen LogP contribution >= 0.6 is 0 Å². The molecule has 20 nitrogen and oxygen atoms in total. The van der Waals surface area contributed by atoms with Crippen molar-refractivity contribution in [2.24, 2.45) is 17.8 Å². The number of rotatable bonds is 14. The number of nitrogens with zero attached hydrogens (tertiary/aromatic N) is 6. The van der Waals surface area contributed by atoms with Crippen LogP contribution in [0.2, 0.25) is 0 Å². The second kappa shape index (κ2) is 27.0. The summed E-state index contributed by atoms with van der Waals surface area (Å²) in [7, 11) is 0.816. The maximum atomic E-state index is 14.2. The van der Waals surface area contributed by atoms with E-state index in [2.05, 4.69) is 36.8 Å². The monoisotopic (exact) mass is 1270 g/mol. The molecule has 1 atom stereocenters. The van der Waals surface area contributed by atoms with Gasteiger partial charge in [0.05, 0.1) is 38.1 Å². The van der Waals surface area contributed by atoms with Crippen LogP contribution in [0.1, 0.15) is 145 Å². The van der Waals surface area contributed by atoms with Crippen molar-refractivity contribution in [2.45, 2.75) is 121 Å². The maximum absolute atomic E-state index is 14.2. The highest BCUT2D eigenvalue weighted by atomic mass is 32.2. The Morgan fingerprint density at radius 2 is 1.03 bits per heavy atom. The second-order valence-corrected chi connectivity index (χ2v) is 29.5. The molecule has 0 bridgehead atoms. The average Bonchev–Trinajstić information content (AvgIpc) is 1.61. The van der Waals surface area contributed by atoms with E-state index >= 15 is 0 Å². The number of fused-ring (bicyclic) bond motifs is 10. The topological polar surface area (TPSA) is 242 Å². The molecule has 90 heavy (non-hydrogen) atoms. The van der Waals surface area contributed by atoms with E-state index in [1.54, 1.807) is 38.5 Å². The minimum absolute atomic E-state index is 0.0416. The zero-order valence-corrected chi connectivity index (χ0v) is 54.3. The van der Waals surface area contributed by atoms with Crippen molar-refractivity contribution in [1.29, 1.82) is 0 Å². The molecule has 6 aliphatic rings. The number of aliphatic hydroxyl groups is 2. The third-order valence-corrected chi connectivity index (χ3v) is 22.6. The first-order valence-electron chi connectivity index (χ1n) is 31.9. The predicted molar refractivity (Wildman–Crippen MR) is 348 cm³/mol. The fourth-order valence-electron chi connectivity index (χ4n) is 14.6. The molecule has 12 rings (SSSR count).